The molecule has 0 saturated carbocycles. The van der Waals surface area contributed by atoms with Gasteiger partial charge in [0.2, 0.25) is 5.91 Å². The summed E-state index contributed by atoms with van der Waals surface area (Å²) in [5.41, 5.74) is 3.67. The summed E-state index contributed by atoms with van der Waals surface area (Å²) in [6.07, 6.45) is 4.51. The van der Waals surface area contributed by atoms with Gasteiger partial charge in [-0.25, -0.2) is 0 Å². The molecule has 0 unspecified atom stereocenters. The first-order chi connectivity index (χ1) is 12.2. The van der Waals surface area contributed by atoms with Gasteiger partial charge in [0.1, 0.15) is 11.4 Å². The number of carbonyl (C=O) groups is 1. The van der Waals surface area contributed by atoms with Crippen molar-refractivity contribution in [2.75, 3.05) is 6.54 Å². The number of hydrogen-bond donors (Lipinski definition) is 1. The summed E-state index contributed by atoms with van der Waals surface area (Å²) in [6.45, 7) is 2.53. The highest BCUT2D eigenvalue weighted by Gasteiger charge is 2.11. The highest BCUT2D eigenvalue weighted by atomic mass is 16.3. The van der Waals surface area contributed by atoms with Crippen LogP contribution in [0.1, 0.15) is 17.0 Å². The summed E-state index contributed by atoms with van der Waals surface area (Å²) >= 11 is 0. The van der Waals surface area contributed by atoms with Gasteiger partial charge in [-0.3, -0.25) is 9.20 Å². The standard InChI is InChI=1S/C19H18N4O2/c1-13-5-6-15-14(12-25-16(15)10-13)11-19(24)20-8-7-18-22-21-17-4-2-3-9-23(17)18/h2-6,9-10,12H,7-8,11H2,1H3,(H,20,24). The predicted octanol–water partition coefficient (Wildman–Crippen LogP) is 2.69. The third-order valence-electron chi connectivity index (χ3n) is 4.22. The number of nitrogens with zero attached hydrogens (tertiary/aromatic N) is 3. The molecule has 1 aromatic carbocycles. The Hall–Kier alpha value is -3.15. The van der Waals surface area contributed by atoms with Gasteiger partial charge in [0.25, 0.3) is 0 Å². The van der Waals surface area contributed by atoms with Gasteiger partial charge in [-0.1, -0.05) is 18.2 Å². The van der Waals surface area contributed by atoms with Crippen LogP contribution >= 0.6 is 0 Å². The zero-order valence-electron chi connectivity index (χ0n) is 13.9. The molecule has 3 aromatic heterocycles. The number of hydrogen-bond acceptors (Lipinski definition) is 4. The number of benzene rings is 1. The van der Waals surface area contributed by atoms with E-state index in [4.69, 9.17) is 4.42 Å². The first-order valence-electron chi connectivity index (χ1n) is 8.23. The smallest absolute Gasteiger partial charge is 0.224 e. The fraction of sp³-hybridized carbons (Fsp3) is 0.211. The number of furan rings is 1. The quantitative estimate of drug-likeness (QED) is 0.609. The zero-order chi connectivity index (χ0) is 17.2. The number of carbonyl (C=O) groups excluding carboxylic acids is 1. The van der Waals surface area contributed by atoms with Crippen molar-refractivity contribution >= 4 is 22.5 Å². The largest absolute Gasteiger partial charge is 0.464 e. The van der Waals surface area contributed by atoms with E-state index in [0.717, 1.165) is 33.6 Å². The molecule has 4 aromatic rings. The first kappa shape index (κ1) is 15.4. The van der Waals surface area contributed by atoms with E-state index in [0.29, 0.717) is 19.4 Å². The lowest BCUT2D eigenvalue weighted by Crippen LogP contribution is -2.27. The third kappa shape index (κ3) is 3.10. The fourth-order valence-electron chi connectivity index (χ4n) is 2.94. The Labute approximate surface area is 144 Å². The molecule has 0 radical (unpaired) electrons. The molecule has 0 fully saturated rings. The Balaban J connectivity index is 1.37. The summed E-state index contributed by atoms with van der Waals surface area (Å²) in [5.74, 6) is 0.803. The van der Waals surface area contributed by atoms with E-state index in [1.54, 1.807) is 6.26 Å². The highest BCUT2D eigenvalue weighted by Crippen LogP contribution is 2.22. The van der Waals surface area contributed by atoms with Crippen LogP contribution in [0.5, 0.6) is 0 Å². The van der Waals surface area contributed by atoms with Crippen molar-refractivity contribution in [1.82, 2.24) is 19.9 Å². The minimum absolute atomic E-state index is 0.0305. The van der Waals surface area contributed by atoms with Crippen LogP contribution in [0.15, 0.2) is 53.3 Å². The van der Waals surface area contributed by atoms with Crippen LogP contribution in [-0.2, 0) is 17.6 Å². The van der Waals surface area contributed by atoms with Crippen molar-refractivity contribution in [3.63, 3.8) is 0 Å². The fourth-order valence-corrected chi connectivity index (χ4v) is 2.94. The molecule has 6 heteroatoms. The van der Waals surface area contributed by atoms with Crippen molar-refractivity contribution in [1.29, 1.82) is 0 Å². The van der Waals surface area contributed by atoms with Gasteiger partial charge in [-0.2, -0.15) is 0 Å². The monoisotopic (exact) mass is 334 g/mol. The molecule has 0 aliphatic heterocycles. The van der Waals surface area contributed by atoms with Gasteiger partial charge < -0.3 is 9.73 Å². The average molecular weight is 334 g/mol. The molecule has 0 atom stereocenters. The predicted molar refractivity (Wildman–Crippen MR) is 94.4 cm³/mol. The van der Waals surface area contributed by atoms with E-state index < -0.39 is 0 Å². The van der Waals surface area contributed by atoms with Crippen molar-refractivity contribution in [3.05, 3.63) is 65.8 Å². The van der Waals surface area contributed by atoms with Crippen molar-refractivity contribution in [2.45, 2.75) is 19.8 Å². The van der Waals surface area contributed by atoms with E-state index in [1.807, 2.05) is 53.9 Å². The van der Waals surface area contributed by atoms with E-state index in [2.05, 4.69) is 15.5 Å². The molecule has 3 heterocycles. The molecular weight excluding hydrogens is 316 g/mol. The van der Waals surface area contributed by atoms with Gasteiger partial charge in [0.15, 0.2) is 5.65 Å². The topological polar surface area (TPSA) is 72.4 Å². The lowest BCUT2D eigenvalue weighted by molar-refractivity contribution is -0.120. The molecule has 25 heavy (non-hydrogen) atoms. The molecule has 1 amide bonds. The molecule has 4 rings (SSSR count). The maximum absolute atomic E-state index is 12.2. The van der Waals surface area contributed by atoms with Crippen LogP contribution in [-0.4, -0.2) is 27.0 Å². The number of rotatable bonds is 5. The third-order valence-corrected chi connectivity index (χ3v) is 4.22. The Morgan fingerprint density at radius 2 is 2.16 bits per heavy atom. The molecule has 0 spiro atoms. The van der Waals surface area contributed by atoms with Gasteiger partial charge in [0, 0.05) is 30.1 Å². The Bertz CT molecular complexity index is 1050. The number of aromatic nitrogens is 3. The van der Waals surface area contributed by atoms with E-state index >= 15 is 0 Å². The second kappa shape index (κ2) is 6.39. The van der Waals surface area contributed by atoms with E-state index in [1.165, 1.54) is 0 Å². The van der Waals surface area contributed by atoms with Gasteiger partial charge >= 0.3 is 0 Å². The van der Waals surface area contributed by atoms with Gasteiger partial charge in [-0.15, -0.1) is 10.2 Å². The molecule has 0 bridgehead atoms. The van der Waals surface area contributed by atoms with Gasteiger partial charge in [-0.05, 0) is 30.7 Å². The number of amides is 1. The summed E-state index contributed by atoms with van der Waals surface area (Å²) in [6, 6.07) is 11.8. The van der Waals surface area contributed by atoms with Crippen molar-refractivity contribution < 1.29 is 9.21 Å². The van der Waals surface area contributed by atoms with Crippen LogP contribution < -0.4 is 5.32 Å². The molecule has 6 nitrogen and oxygen atoms in total. The second-order valence-electron chi connectivity index (χ2n) is 6.08. The number of pyridine rings is 1. The molecule has 0 aliphatic carbocycles. The zero-order valence-corrected chi connectivity index (χ0v) is 13.9. The molecular formula is C19H18N4O2. The summed E-state index contributed by atoms with van der Waals surface area (Å²) in [5, 5.41) is 12.2. The summed E-state index contributed by atoms with van der Waals surface area (Å²) in [7, 11) is 0. The van der Waals surface area contributed by atoms with E-state index in [-0.39, 0.29) is 5.91 Å². The molecule has 0 saturated heterocycles. The number of aryl methyl sites for hydroxylation is 1. The van der Waals surface area contributed by atoms with E-state index in [9.17, 15) is 4.79 Å². The van der Waals surface area contributed by atoms with Crippen LogP contribution in [0.4, 0.5) is 0 Å². The lowest BCUT2D eigenvalue weighted by Gasteiger charge is -2.04. The van der Waals surface area contributed by atoms with Crippen LogP contribution in [0.2, 0.25) is 0 Å². The normalized spacial score (nSPS) is 11.2. The Morgan fingerprint density at radius 3 is 3.08 bits per heavy atom. The van der Waals surface area contributed by atoms with Crippen LogP contribution in [0.3, 0.4) is 0 Å². The SMILES string of the molecule is Cc1ccc2c(CC(=O)NCCc3nnc4ccccn34)coc2c1. The Kier molecular flexibility index (Phi) is 3.93. The molecule has 0 aliphatic rings. The lowest BCUT2D eigenvalue weighted by atomic mass is 10.1. The number of fused-ring (bicyclic) bond motifs is 2. The molecule has 126 valence electrons. The van der Waals surface area contributed by atoms with Crippen molar-refractivity contribution in [3.8, 4) is 0 Å². The highest BCUT2D eigenvalue weighted by molar-refractivity contribution is 5.87. The van der Waals surface area contributed by atoms with Gasteiger partial charge in [0.05, 0.1) is 12.7 Å². The minimum Gasteiger partial charge on any atom is -0.464 e. The number of nitrogens with one attached hydrogen (secondary N) is 1. The van der Waals surface area contributed by atoms with Crippen LogP contribution in [0, 0.1) is 6.92 Å². The average Bonchev–Trinajstić information content (AvgIpc) is 3.19. The Morgan fingerprint density at radius 1 is 1.24 bits per heavy atom. The summed E-state index contributed by atoms with van der Waals surface area (Å²) in [4.78, 5) is 12.2. The van der Waals surface area contributed by atoms with Crippen LogP contribution in [0.25, 0.3) is 16.6 Å². The second-order valence-corrected chi connectivity index (χ2v) is 6.08. The van der Waals surface area contributed by atoms with Crippen molar-refractivity contribution in [2.24, 2.45) is 0 Å². The first-order valence-corrected chi connectivity index (χ1v) is 8.23. The molecule has 1 N–H and O–H groups in total. The maximum atomic E-state index is 12.2. The maximum Gasteiger partial charge on any atom is 0.224 e. The summed E-state index contributed by atoms with van der Waals surface area (Å²) < 4.78 is 7.47. The minimum atomic E-state index is -0.0305.